The Kier molecular flexibility index (Phi) is 4.54. The van der Waals surface area contributed by atoms with E-state index in [9.17, 15) is 0 Å². The van der Waals surface area contributed by atoms with Crippen LogP contribution in [0.4, 0.5) is 0 Å². The third kappa shape index (κ3) is 3.79. The predicted molar refractivity (Wildman–Crippen MR) is 90.1 cm³/mol. The summed E-state index contributed by atoms with van der Waals surface area (Å²) in [5.74, 6) is 0.803. The quantitative estimate of drug-likeness (QED) is 0.743. The number of benzene rings is 2. The van der Waals surface area contributed by atoms with Crippen LogP contribution in [0.5, 0.6) is 0 Å². The summed E-state index contributed by atoms with van der Waals surface area (Å²) in [6.07, 6.45) is 2.69. The fourth-order valence-electron chi connectivity index (χ4n) is 2.54. The first-order chi connectivity index (χ1) is 10.1. The molecule has 0 saturated heterocycles. The average Bonchev–Trinajstić information content (AvgIpc) is 3.32. The van der Waals surface area contributed by atoms with E-state index < -0.39 is 0 Å². The second-order valence-electron chi connectivity index (χ2n) is 5.80. The first-order valence-corrected chi connectivity index (χ1v) is 8.16. The highest BCUT2D eigenvalue weighted by Crippen LogP contribution is 2.40. The van der Waals surface area contributed by atoms with Gasteiger partial charge in [0.15, 0.2) is 0 Å². The summed E-state index contributed by atoms with van der Waals surface area (Å²) >= 11 is 12.0. The molecule has 0 amide bonds. The van der Waals surface area contributed by atoms with E-state index in [0.717, 1.165) is 18.0 Å². The largest absolute Gasteiger partial charge is 0.306 e. The highest BCUT2D eigenvalue weighted by Gasteiger charge is 2.23. The molecule has 2 aromatic rings. The molecule has 3 heteroatoms. The van der Waals surface area contributed by atoms with Crippen molar-refractivity contribution in [2.24, 2.45) is 0 Å². The zero-order valence-corrected chi connectivity index (χ0v) is 13.6. The van der Waals surface area contributed by atoms with Crippen LogP contribution in [0, 0.1) is 0 Å². The van der Waals surface area contributed by atoms with Crippen LogP contribution in [0.3, 0.4) is 0 Å². The molecule has 0 aromatic heterocycles. The molecule has 1 aliphatic carbocycles. The second-order valence-corrected chi connectivity index (χ2v) is 6.61. The van der Waals surface area contributed by atoms with Gasteiger partial charge in [0.1, 0.15) is 0 Å². The normalized spacial score (nSPS) is 16.0. The van der Waals surface area contributed by atoms with Gasteiger partial charge in [-0.1, -0.05) is 53.5 Å². The Morgan fingerprint density at radius 3 is 2.62 bits per heavy atom. The maximum absolute atomic E-state index is 6.08. The van der Waals surface area contributed by atoms with Gasteiger partial charge in [-0.2, -0.15) is 0 Å². The molecular formula is C18H19Cl2N. The van der Waals surface area contributed by atoms with Crippen LogP contribution < -0.4 is 5.32 Å². The minimum absolute atomic E-state index is 0.240. The summed E-state index contributed by atoms with van der Waals surface area (Å²) < 4.78 is 0. The zero-order valence-electron chi connectivity index (χ0n) is 12.1. The van der Waals surface area contributed by atoms with Crippen molar-refractivity contribution in [3.05, 3.63) is 69.2 Å². The van der Waals surface area contributed by atoms with Gasteiger partial charge in [-0.15, -0.1) is 0 Å². The first kappa shape index (κ1) is 14.9. The molecule has 0 aliphatic heterocycles. The Morgan fingerprint density at radius 2 is 1.90 bits per heavy atom. The highest BCUT2D eigenvalue weighted by atomic mass is 35.5. The van der Waals surface area contributed by atoms with E-state index in [1.165, 1.54) is 24.0 Å². The predicted octanol–water partition coefficient (Wildman–Crippen LogP) is 5.72. The van der Waals surface area contributed by atoms with Crippen LogP contribution in [-0.2, 0) is 6.54 Å². The van der Waals surface area contributed by atoms with Crippen molar-refractivity contribution in [3.8, 4) is 0 Å². The molecule has 0 bridgehead atoms. The van der Waals surface area contributed by atoms with E-state index in [0.29, 0.717) is 10.0 Å². The number of rotatable bonds is 5. The van der Waals surface area contributed by atoms with Crippen LogP contribution in [0.1, 0.15) is 48.4 Å². The Hall–Kier alpha value is -1.02. The molecule has 0 spiro atoms. The van der Waals surface area contributed by atoms with Crippen molar-refractivity contribution >= 4 is 23.2 Å². The Bertz CT molecular complexity index is 635. The zero-order chi connectivity index (χ0) is 14.8. The maximum atomic E-state index is 6.08. The third-order valence-electron chi connectivity index (χ3n) is 4.06. The number of nitrogens with one attached hydrogen (secondary N) is 1. The standard InChI is InChI=1S/C18H19Cl2N/c1-12(15-7-8-17(19)18(20)10-15)21-11-13-3-2-4-16(9-13)14-5-6-14/h2-4,7-10,12,14,21H,5-6,11H2,1H3. The van der Waals surface area contributed by atoms with Gasteiger partial charge in [0, 0.05) is 12.6 Å². The molecule has 0 radical (unpaired) electrons. The molecule has 1 nitrogen and oxygen atoms in total. The third-order valence-corrected chi connectivity index (χ3v) is 4.79. The highest BCUT2D eigenvalue weighted by molar-refractivity contribution is 6.42. The lowest BCUT2D eigenvalue weighted by Gasteiger charge is -2.15. The second kappa shape index (κ2) is 6.39. The van der Waals surface area contributed by atoms with Crippen LogP contribution >= 0.6 is 23.2 Å². The van der Waals surface area contributed by atoms with Gasteiger partial charge < -0.3 is 5.32 Å². The molecule has 1 saturated carbocycles. The van der Waals surface area contributed by atoms with Gasteiger partial charge in [-0.05, 0) is 54.5 Å². The molecule has 1 aliphatic rings. The van der Waals surface area contributed by atoms with E-state index in [4.69, 9.17) is 23.2 Å². The van der Waals surface area contributed by atoms with E-state index in [1.807, 2.05) is 18.2 Å². The Labute approximate surface area is 136 Å². The monoisotopic (exact) mass is 319 g/mol. The SMILES string of the molecule is CC(NCc1cccc(C2CC2)c1)c1ccc(Cl)c(Cl)c1. The molecule has 21 heavy (non-hydrogen) atoms. The Balaban J connectivity index is 1.63. The summed E-state index contributed by atoms with van der Waals surface area (Å²) in [6, 6.07) is 15.0. The first-order valence-electron chi connectivity index (χ1n) is 7.40. The van der Waals surface area contributed by atoms with Crippen LogP contribution in [0.2, 0.25) is 10.0 Å². The van der Waals surface area contributed by atoms with Crippen molar-refractivity contribution in [1.82, 2.24) is 5.32 Å². The van der Waals surface area contributed by atoms with Crippen molar-refractivity contribution in [2.75, 3.05) is 0 Å². The minimum atomic E-state index is 0.240. The average molecular weight is 320 g/mol. The fourth-order valence-corrected chi connectivity index (χ4v) is 2.85. The lowest BCUT2D eigenvalue weighted by Crippen LogP contribution is -2.18. The van der Waals surface area contributed by atoms with Gasteiger partial charge in [-0.3, -0.25) is 0 Å². The van der Waals surface area contributed by atoms with Crippen molar-refractivity contribution in [3.63, 3.8) is 0 Å². The van der Waals surface area contributed by atoms with Gasteiger partial charge in [-0.25, -0.2) is 0 Å². The van der Waals surface area contributed by atoms with Gasteiger partial charge in [0.2, 0.25) is 0 Å². The molecule has 0 heterocycles. The molecule has 1 fully saturated rings. The van der Waals surface area contributed by atoms with Gasteiger partial charge in [0.05, 0.1) is 10.0 Å². The maximum Gasteiger partial charge on any atom is 0.0595 e. The topological polar surface area (TPSA) is 12.0 Å². The summed E-state index contributed by atoms with van der Waals surface area (Å²) in [5, 5.41) is 4.76. The molecule has 2 aromatic carbocycles. The van der Waals surface area contributed by atoms with Gasteiger partial charge >= 0.3 is 0 Å². The summed E-state index contributed by atoms with van der Waals surface area (Å²) in [6.45, 7) is 3.01. The van der Waals surface area contributed by atoms with Gasteiger partial charge in [0.25, 0.3) is 0 Å². The lowest BCUT2D eigenvalue weighted by atomic mass is 10.1. The van der Waals surface area contributed by atoms with Crippen molar-refractivity contribution < 1.29 is 0 Å². The lowest BCUT2D eigenvalue weighted by molar-refractivity contribution is 0.574. The molecule has 1 atom stereocenters. The van der Waals surface area contributed by atoms with Crippen molar-refractivity contribution in [2.45, 2.75) is 38.3 Å². The number of hydrogen-bond acceptors (Lipinski definition) is 1. The van der Waals surface area contributed by atoms with E-state index in [-0.39, 0.29) is 6.04 Å². The molecule has 1 N–H and O–H groups in total. The van der Waals surface area contributed by atoms with E-state index >= 15 is 0 Å². The van der Waals surface area contributed by atoms with Crippen LogP contribution in [0.15, 0.2) is 42.5 Å². The van der Waals surface area contributed by atoms with Crippen LogP contribution in [-0.4, -0.2) is 0 Å². The molecule has 110 valence electrons. The fraction of sp³-hybridized carbons (Fsp3) is 0.333. The molecular weight excluding hydrogens is 301 g/mol. The number of hydrogen-bond donors (Lipinski definition) is 1. The minimum Gasteiger partial charge on any atom is -0.306 e. The molecule has 3 rings (SSSR count). The summed E-state index contributed by atoms with van der Waals surface area (Å²) in [7, 11) is 0. The number of halogens is 2. The Morgan fingerprint density at radius 1 is 1.10 bits per heavy atom. The van der Waals surface area contributed by atoms with E-state index in [1.54, 1.807) is 0 Å². The van der Waals surface area contributed by atoms with E-state index in [2.05, 4.69) is 36.5 Å². The van der Waals surface area contributed by atoms with Crippen LogP contribution in [0.25, 0.3) is 0 Å². The summed E-state index contributed by atoms with van der Waals surface area (Å²) in [4.78, 5) is 0. The smallest absolute Gasteiger partial charge is 0.0595 e. The van der Waals surface area contributed by atoms with Crippen molar-refractivity contribution in [1.29, 1.82) is 0 Å². The summed E-state index contributed by atoms with van der Waals surface area (Å²) in [5.41, 5.74) is 3.98. The molecule has 1 unspecified atom stereocenters.